The number of nitrogens with zero attached hydrogens (tertiary/aromatic N) is 2. The molecule has 0 radical (unpaired) electrons. The SMILES string of the molecule is CC1(C)Cc2c(sc(NC(=O)c3ccncn3)c2C(=O)O)C(C)(C)C1. The Balaban J connectivity index is 2.06. The smallest absolute Gasteiger partial charge is 0.339 e. The lowest BCUT2D eigenvalue weighted by Gasteiger charge is -2.40. The molecule has 7 heteroatoms. The molecule has 0 unspecified atom stereocenters. The van der Waals surface area contributed by atoms with Crippen molar-refractivity contribution in [1.82, 2.24) is 9.97 Å². The third kappa shape index (κ3) is 3.28. The van der Waals surface area contributed by atoms with Crippen LogP contribution in [0.1, 0.15) is 65.4 Å². The van der Waals surface area contributed by atoms with Gasteiger partial charge < -0.3 is 10.4 Å². The van der Waals surface area contributed by atoms with Crippen molar-refractivity contribution in [2.45, 2.75) is 46.0 Å². The van der Waals surface area contributed by atoms with E-state index in [1.54, 1.807) is 0 Å². The number of hydrogen-bond acceptors (Lipinski definition) is 5. The molecule has 0 saturated heterocycles. The Labute approximate surface area is 150 Å². The van der Waals surface area contributed by atoms with Crippen molar-refractivity contribution in [3.63, 3.8) is 0 Å². The van der Waals surface area contributed by atoms with Gasteiger partial charge in [-0.2, -0.15) is 0 Å². The Morgan fingerprint density at radius 2 is 2.00 bits per heavy atom. The second kappa shape index (κ2) is 5.91. The van der Waals surface area contributed by atoms with Gasteiger partial charge in [-0.05, 0) is 35.3 Å². The van der Waals surface area contributed by atoms with Gasteiger partial charge in [0.2, 0.25) is 0 Å². The average molecular weight is 359 g/mol. The van der Waals surface area contributed by atoms with Gasteiger partial charge in [0.25, 0.3) is 5.91 Å². The van der Waals surface area contributed by atoms with Gasteiger partial charge in [-0.3, -0.25) is 4.79 Å². The van der Waals surface area contributed by atoms with E-state index in [2.05, 4.69) is 43.0 Å². The number of thiophene rings is 1. The van der Waals surface area contributed by atoms with Crippen molar-refractivity contribution >= 4 is 28.2 Å². The molecule has 2 aromatic heterocycles. The van der Waals surface area contributed by atoms with Gasteiger partial charge in [-0.15, -0.1) is 11.3 Å². The van der Waals surface area contributed by atoms with E-state index >= 15 is 0 Å². The minimum atomic E-state index is -1.01. The molecule has 6 nitrogen and oxygen atoms in total. The van der Waals surface area contributed by atoms with Crippen LogP contribution in [0.15, 0.2) is 18.6 Å². The van der Waals surface area contributed by atoms with Gasteiger partial charge in [0.15, 0.2) is 0 Å². The average Bonchev–Trinajstić information content (AvgIpc) is 2.85. The van der Waals surface area contributed by atoms with Crippen LogP contribution in [0.25, 0.3) is 0 Å². The summed E-state index contributed by atoms with van der Waals surface area (Å²) in [5.41, 5.74) is 1.14. The number of carboxylic acids is 1. The molecule has 2 N–H and O–H groups in total. The fourth-order valence-corrected chi connectivity index (χ4v) is 5.21. The van der Waals surface area contributed by atoms with Crippen LogP contribution in [0.2, 0.25) is 0 Å². The molecule has 0 fully saturated rings. The number of rotatable bonds is 3. The van der Waals surface area contributed by atoms with Gasteiger partial charge in [0, 0.05) is 11.1 Å². The van der Waals surface area contributed by atoms with Crippen molar-refractivity contribution in [2.75, 3.05) is 5.32 Å². The summed E-state index contributed by atoms with van der Waals surface area (Å²) in [6.07, 6.45) is 4.42. The van der Waals surface area contributed by atoms with Gasteiger partial charge in [0.1, 0.15) is 17.0 Å². The number of carboxylic acid groups (broad SMARTS) is 1. The zero-order chi connectivity index (χ0) is 18.4. The monoisotopic (exact) mass is 359 g/mol. The van der Waals surface area contributed by atoms with Crippen LogP contribution in [0.5, 0.6) is 0 Å². The first-order valence-corrected chi connectivity index (χ1v) is 8.89. The van der Waals surface area contributed by atoms with Crippen LogP contribution < -0.4 is 5.32 Å². The Morgan fingerprint density at radius 1 is 1.28 bits per heavy atom. The summed E-state index contributed by atoms with van der Waals surface area (Å²) in [4.78, 5) is 33.1. The maximum atomic E-state index is 12.4. The third-order valence-electron chi connectivity index (χ3n) is 4.45. The Kier molecular flexibility index (Phi) is 4.15. The third-order valence-corrected chi connectivity index (χ3v) is 5.97. The van der Waals surface area contributed by atoms with Gasteiger partial charge in [-0.1, -0.05) is 27.7 Å². The zero-order valence-corrected chi connectivity index (χ0v) is 15.5. The van der Waals surface area contributed by atoms with Crippen LogP contribution in [-0.2, 0) is 11.8 Å². The van der Waals surface area contributed by atoms with Crippen LogP contribution in [0.3, 0.4) is 0 Å². The summed E-state index contributed by atoms with van der Waals surface area (Å²) < 4.78 is 0. The minimum absolute atomic E-state index is 0.00963. The maximum absolute atomic E-state index is 12.4. The predicted octanol–water partition coefficient (Wildman–Crippen LogP) is 3.74. The maximum Gasteiger partial charge on any atom is 0.339 e. The Morgan fingerprint density at radius 3 is 2.60 bits per heavy atom. The largest absolute Gasteiger partial charge is 0.478 e. The number of amides is 1. The number of hydrogen-bond donors (Lipinski definition) is 2. The van der Waals surface area contributed by atoms with E-state index in [4.69, 9.17) is 0 Å². The number of carbonyl (C=O) groups excluding carboxylic acids is 1. The summed E-state index contributed by atoms with van der Waals surface area (Å²) in [5, 5.41) is 12.9. The molecular weight excluding hydrogens is 338 g/mol. The normalized spacial score (nSPS) is 17.6. The molecule has 25 heavy (non-hydrogen) atoms. The Bertz CT molecular complexity index is 841. The minimum Gasteiger partial charge on any atom is -0.478 e. The van der Waals surface area contributed by atoms with Crippen molar-refractivity contribution < 1.29 is 14.7 Å². The molecule has 0 atom stereocenters. The number of aromatic carboxylic acids is 1. The summed E-state index contributed by atoms with van der Waals surface area (Å²) in [6, 6.07) is 1.50. The summed E-state index contributed by atoms with van der Waals surface area (Å²) in [7, 11) is 0. The molecule has 0 aromatic carbocycles. The molecule has 1 aliphatic rings. The molecule has 0 aliphatic heterocycles. The zero-order valence-electron chi connectivity index (χ0n) is 14.7. The highest BCUT2D eigenvalue weighted by atomic mass is 32.1. The van der Waals surface area contributed by atoms with Crippen LogP contribution in [0, 0.1) is 5.41 Å². The van der Waals surface area contributed by atoms with Crippen molar-refractivity contribution in [3.05, 3.63) is 40.3 Å². The first kappa shape index (κ1) is 17.5. The number of anilines is 1. The molecule has 3 rings (SSSR count). The molecule has 1 aliphatic carbocycles. The lowest BCUT2D eigenvalue weighted by Crippen LogP contribution is -2.34. The topological polar surface area (TPSA) is 92.2 Å². The van der Waals surface area contributed by atoms with E-state index in [1.165, 1.54) is 29.9 Å². The molecule has 0 bridgehead atoms. The van der Waals surface area contributed by atoms with Crippen molar-refractivity contribution in [3.8, 4) is 0 Å². The van der Waals surface area contributed by atoms with E-state index < -0.39 is 11.9 Å². The second-order valence-corrected chi connectivity index (χ2v) is 8.89. The van der Waals surface area contributed by atoms with E-state index in [0.717, 1.165) is 16.9 Å². The van der Waals surface area contributed by atoms with Gasteiger partial charge in [-0.25, -0.2) is 14.8 Å². The van der Waals surface area contributed by atoms with Crippen molar-refractivity contribution in [2.24, 2.45) is 5.41 Å². The van der Waals surface area contributed by atoms with Crippen LogP contribution in [0.4, 0.5) is 5.00 Å². The molecule has 0 spiro atoms. The lowest BCUT2D eigenvalue weighted by atomic mass is 9.65. The van der Waals surface area contributed by atoms with Crippen LogP contribution >= 0.6 is 11.3 Å². The molecule has 0 saturated carbocycles. The molecule has 1 amide bonds. The highest BCUT2D eigenvalue weighted by Crippen LogP contribution is 2.52. The molecule has 2 aromatic rings. The quantitative estimate of drug-likeness (QED) is 0.871. The molecule has 2 heterocycles. The van der Waals surface area contributed by atoms with Crippen LogP contribution in [-0.4, -0.2) is 27.0 Å². The summed E-state index contributed by atoms with van der Waals surface area (Å²) >= 11 is 1.36. The molecular formula is C18H21N3O3S. The van der Waals surface area contributed by atoms with E-state index in [-0.39, 0.29) is 22.1 Å². The first-order valence-electron chi connectivity index (χ1n) is 8.07. The lowest BCUT2D eigenvalue weighted by molar-refractivity contribution is 0.0696. The predicted molar refractivity (Wildman–Crippen MR) is 96.4 cm³/mol. The van der Waals surface area contributed by atoms with E-state index in [1.807, 2.05) is 0 Å². The number of fused-ring (bicyclic) bond motifs is 1. The molecule has 132 valence electrons. The van der Waals surface area contributed by atoms with Gasteiger partial charge >= 0.3 is 5.97 Å². The highest BCUT2D eigenvalue weighted by Gasteiger charge is 2.42. The summed E-state index contributed by atoms with van der Waals surface area (Å²) in [5.74, 6) is -1.44. The van der Waals surface area contributed by atoms with Gasteiger partial charge in [0.05, 0.1) is 5.56 Å². The fourth-order valence-electron chi connectivity index (χ4n) is 3.90. The Hall–Kier alpha value is -2.28. The van der Waals surface area contributed by atoms with Crippen molar-refractivity contribution in [1.29, 1.82) is 0 Å². The first-order chi connectivity index (χ1) is 11.6. The van der Waals surface area contributed by atoms with E-state index in [9.17, 15) is 14.7 Å². The second-order valence-electron chi connectivity index (χ2n) is 7.87. The number of carbonyl (C=O) groups is 2. The standard InChI is InChI=1S/C18H21N3O3S/c1-17(2)7-10-12(16(23)24)15(25-13(10)18(3,4)8-17)21-14(22)11-5-6-19-9-20-11/h5-6,9H,7-8H2,1-4H3,(H,21,22)(H,23,24). The van der Waals surface area contributed by atoms with E-state index in [0.29, 0.717) is 11.4 Å². The highest BCUT2D eigenvalue weighted by molar-refractivity contribution is 7.17. The fraction of sp³-hybridized carbons (Fsp3) is 0.444. The number of aromatic nitrogens is 2. The number of nitrogens with one attached hydrogen (secondary N) is 1. The summed E-state index contributed by atoms with van der Waals surface area (Å²) in [6.45, 7) is 8.57.